The summed E-state index contributed by atoms with van der Waals surface area (Å²) in [6.45, 7) is 4.36. The summed E-state index contributed by atoms with van der Waals surface area (Å²) in [5.41, 5.74) is 6.55. The molecule has 1 fully saturated rings. The highest BCUT2D eigenvalue weighted by atomic mass is 16.6. The van der Waals surface area contributed by atoms with E-state index in [1.54, 1.807) is 11.6 Å². The molecule has 2 unspecified atom stereocenters. The molecule has 1 aliphatic rings. The van der Waals surface area contributed by atoms with Crippen molar-refractivity contribution in [2.24, 2.45) is 5.73 Å². The highest BCUT2D eigenvalue weighted by Gasteiger charge is 2.30. The third-order valence-electron chi connectivity index (χ3n) is 3.61. The number of nitrogens with zero attached hydrogens (tertiary/aromatic N) is 3. The Balaban J connectivity index is 2.32. The van der Waals surface area contributed by atoms with Crippen molar-refractivity contribution in [3.63, 3.8) is 0 Å². The maximum atomic E-state index is 11.2. The summed E-state index contributed by atoms with van der Waals surface area (Å²) in [5, 5.41) is 18.7. The molecule has 1 saturated carbocycles. The van der Waals surface area contributed by atoms with Crippen LogP contribution in [0.4, 0.5) is 11.5 Å². The number of anilines is 1. The molecule has 0 amide bonds. The summed E-state index contributed by atoms with van der Waals surface area (Å²) in [6.07, 6.45) is 3.86. The normalized spacial score (nSPS) is 22.7. The first kappa shape index (κ1) is 13.8. The average molecular weight is 267 g/mol. The molecule has 0 bridgehead atoms. The zero-order valence-electron chi connectivity index (χ0n) is 11.4. The van der Waals surface area contributed by atoms with Gasteiger partial charge in [-0.25, -0.2) is 4.68 Å². The topological polar surface area (TPSA) is 99.0 Å². The van der Waals surface area contributed by atoms with E-state index in [1.807, 2.05) is 6.92 Å². The Bertz CT molecular complexity index is 471. The second-order valence-electron chi connectivity index (χ2n) is 5.11. The first-order chi connectivity index (χ1) is 9.04. The minimum absolute atomic E-state index is 0.0601. The Kier molecular flexibility index (Phi) is 4.04. The van der Waals surface area contributed by atoms with Gasteiger partial charge in [0.05, 0.1) is 4.92 Å². The van der Waals surface area contributed by atoms with Crippen LogP contribution in [0.5, 0.6) is 0 Å². The molecule has 0 aliphatic heterocycles. The van der Waals surface area contributed by atoms with Gasteiger partial charge in [-0.15, -0.1) is 0 Å². The fourth-order valence-corrected chi connectivity index (χ4v) is 2.65. The summed E-state index contributed by atoms with van der Waals surface area (Å²) < 4.78 is 1.69. The molecule has 1 aromatic heterocycles. The number of hydrogen-bond donors (Lipinski definition) is 2. The molecule has 7 nitrogen and oxygen atoms in total. The first-order valence-corrected chi connectivity index (χ1v) is 6.78. The van der Waals surface area contributed by atoms with Gasteiger partial charge in [0.2, 0.25) is 5.82 Å². The number of aryl methyl sites for hydroxylation is 2. The number of nitro groups is 1. The largest absolute Gasteiger partial charge is 0.360 e. The van der Waals surface area contributed by atoms with Crippen LogP contribution in [-0.4, -0.2) is 26.8 Å². The molecule has 0 saturated heterocycles. The van der Waals surface area contributed by atoms with E-state index in [2.05, 4.69) is 10.4 Å². The van der Waals surface area contributed by atoms with E-state index in [0.717, 1.165) is 25.7 Å². The van der Waals surface area contributed by atoms with Crippen LogP contribution in [0.15, 0.2) is 0 Å². The minimum atomic E-state index is -0.364. The predicted molar refractivity (Wildman–Crippen MR) is 73.1 cm³/mol. The molecule has 1 heterocycles. The minimum Gasteiger partial charge on any atom is -0.360 e. The van der Waals surface area contributed by atoms with E-state index in [9.17, 15) is 10.1 Å². The average Bonchev–Trinajstić information content (AvgIpc) is 2.85. The van der Waals surface area contributed by atoms with Crippen molar-refractivity contribution >= 4 is 11.5 Å². The van der Waals surface area contributed by atoms with Crippen LogP contribution in [0.2, 0.25) is 0 Å². The maximum Gasteiger partial charge on any atom is 0.333 e. The molecule has 0 radical (unpaired) electrons. The Morgan fingerprint density at radius 1 is 1.58 bits per heavy atom. The lowest BCUT2D eigenvalue weighted by molar-refractivity contribution is -0.384. The molecule has 106 valence electrons. The van der Waals surface area contributed by atoms with Gasteiger partial charge in [0.1, 0.15) is 5.69 Å². The van der Waals surface area contributed by atoms with E-state index >= 15 is 0 Å². The van der Waals surface area contributed by atoms with Crippen LogP contribution in [0.3, 0.4) is 0 Å². The zero-order valence-corrected chi connectivity index (χ0v) is 11.4. The van der Waals surface area contributed by atoms with E-state index in [0.29, 0.717) is 18.1 Å². The van der Waals surface area contributed by atoms with Gasteiger partial charge >= 0.3 is 5.69 Å². The number of nitrogens with two attached hydrogens (primary N) is 1. The van der Waals surface area contributed by atoms with Crippen LogP contribution < -0.4 is 11.1 Å². The van der Waals surface area contributed by atoms with Gasteiger partial charge in [-0.1, -0.05) is 6.92 Å². The molecular weight excluding hydrogens is 246 g/mol. The van der Waals surface area contributed by atoms with Gasteiger partial charge in [0.15, 0.2) is 0 Å². The number of hydrogen-bond acceptors (Lipinski definition) is 5. The summed E-state index contributed by atoms with van der Waals surface area (Å²) >= 11 is 0. The monoisotopic (exact) mass is 267 g/mol. The first-order valence-electron chi connectivity index (χ1n) is 6.78. The molecule has 0 spiro atoms. The van der Waals surface area contributed by atoms with E-state index in [-0.39, 0.29) is 22.7 Å². The zero-order chi connectivity index (χ0) is 14.0. The van der Waals surface area contributed by atoms with Gasteiger partial charge < -0.3 is 11.1 Å². The molecule has 0 aromatic carbocycles. The molecule has 19 heavy (non-hydrogen) atoms. The Morgan fingerprint density at radius 2 is 2.32 bits per heavy atom. The third-order valence-corrected chi connectivity index (χ3v) is 3.61. The van der Waals surface area contributed by atoms with Crippen LogP contribution in [0.25, 0.3) is 0 Å². The maximum absolute atomic E-state index is 11.2. The van der Waals surface area contributed by atoms with Gasteiger partial charge in [-0.05, 0) is 32.6 Å². The summed E-state index contributed by atoms with van der Waals surface area (Å²) in [7, 11) is 0. The van der Waals surface area contributed by atoms with Crippen molar-refractivity contribution in [2.75, 3.05) is 5.32 Å². The molecule has 2 atom stereocenters. The standard InChI is InChI=1S/C12H21N5O2/c1-3-7-16-12(11(17(18)19)8(2)15-16)14-10-6-4-5-9(10)13/h9-10,14H,3-7,13H2,1-2H3. The van der Waals surface area contributed by atoms with Gasteiger partial charge in [0, 0.05) is 18.6 Å². The predicted octanol–water partition coefficient (Wildman–Crippen LogP) is 1.80. The van der Waals surface area contributed by atoms with E-state index < -0.39 is 0 Å². The Morgan fingerprint density at radius 3 is 2.84 bits per heavy atom. The summed E-state index contributed by atoms with van der Waals surface area (Å²) in [6, 6.07) is 0.162. The fourth-order valence-electron chi connectivity index (χ4n) is 2.65. The van der Waals surface area contributed by atoms with Crippen LogP contribution >= 0.6 is 0 Å². The fraction of sp³-hybridized carbons (Fsp3) is 0.750. The lowest BCUT2D eigenvalue weighted by Crippen LogP contribution is -2.36. The quantitative estimate of drug-likeness (QED) is 0.626. The van der Waals surface area contributed by atoms with Gasteiger partial charge in [-0.2, -0.15) is 5.10 Å². The van der Waals surface area contributed by atoms with Crippen molar-refractivity contribution in [2.45, 2.75) is 58.2 Å². The smallest absolute Gasteiger partial charge is 0.333 e. The lowest BCUT2D eigenvalue weighted by Gasteiger charge is -2.18. The number of rotatable bonds is 5. The second-order valence-corrected chi connectivity index (χ2v) is 5.11. The molecule has 7 heteroatoms. The van der Waals surface area contributed by atoms with Crippen LogP contribution in [-0.2, 0) is 6.54 Å². The number of aromatic nitrogens is 2. The van der Waals surface area contributed by atoms with Crippen molar-refractivity contribution in [3.05, 3.63) is 15.8 Å². The van der Waals surface area contributed by atoms with Crippen LogP contribution in [0, 0.1) is 17.0 Å². The molecule has 1 aromatic rings. The van der Waals surface area contributed by atoms with Crippen molar-refractivity contribution < 1.29 is 4.92 Å². The molecule has 2 rings (SSSR count). The lowest BCUT2D eigenvalue weighted by atomic mass is 10.2. The Labute approximate surface area is 112 Å². The van der Waals surface area contributed by atoms with Gasteiger partial charge in [0.25, 0.3) is 0 Å². The molecule has 1 aliphatic carbocycles. The van der Waals surface area contributed by atoms with Crippen LogP contribution in [0.1, 0.15) is 38.3 Å². The Hall–Kier alpha value is -1.63. The second kappa shape index (κ2) is 5.56. The SMILES string of the molecule is CCCn1nc(C)c([N+](=O)[O-])c1NC1CCCC1N. The molecular formula is C12H21N5O2. The summed E-state index contributed by atoms with van der Waals surface area (Å²) in [5.74, 6) is 0.506. The number of nitrogens with one attached hydrogen (secondary N) is 1. The van der Waals surface area contributed by atoms with Crippen molar-refractivity contribution in [1.82, 2.24) is 9.78 Å². The highest BCUT2D eigenvalue weighted by molar-refractivity contribution is 5.60. The summed E-state index contributed by atoms with van der Waals surface area (Å²) in [4.78, 5) is 10.8. The van der Waals surface area contributed by atoms with Crippen molar-refractivity contribution in [1.29, 1.82) is 0 Å². The van der Waals surface area contributed by atoms with E-state index in [1.165, 1.54) is 0 Å². The molecule has 3 N–H and O–H groups in total. The van der Waals surface area contributed by atoms with Gasteiger partial charge in [-0.3, -0.25) is 10.1 Å². The van der Waals surface area contributed by atoms with Crippen molar-refractivity contribution in [3.8, 4) is 0 Å². The third kappa shape index (κ3) is 2.70. The van der Waals surface area contributed by atoms with E-state index in [4.69, 9.17) is 5.73 Å². The highest BCUT2D eigenvalue weighted by Crippen LogP contribution is 2.31.